The Kier molecular flexibility index (Phi) is 6.15. The molecule has 9 rings (SSSR count). The summed E-state index contributed by atoms with van der Waals surface area (Å²) in [6, 6.07) is 20.8. The highest BCUT2D eigenvalue weighted by atomic mass is 14.3. The van der Waals surface area contributed by atoms with Gasteiger partial charge in [-0.1, -0.05) is 121 Å². The standard InChI is InChI=1S/C44H36/c1-2-13-30-26-34(25-24-29(30)12-1)44-40-22-9-7-20-38(40)43(39-21-8-10-23-41(39)44)33-16-11-15-31(27-33)42-28-32-14-3-4-17-35(32)36-18-5-6-19-37(36)42/h1-3,6-10,12-15,19-25,27-28,30H,4-5,11,16-18,26H2/t30-/m1/s1. The van der Waals surface area contributed by atoms with Crippen LogP contribution in [0.25, 0.3) is 50.4 Å². The molecule has 0 saturated carbocycles. The number of fused-ring (bicyclic) bond motifs is 6. The number of hydrogen-bond acceptors (Lipinski definition) is 0. The number of rotatable bonds is 3. The summed E-state index contributed by atoms with van der Waals surface area (Å²) in [6.45, 7) is 0. The van der Waals surface area contributed by atoms with Gasteiger partial charge >= 0.3 is 0 Å². The summed E-state index contributed by atoms with van der Waals surface area (Å²) < 4.78 is 0. The fraction of sp³-hybridized carbons (Fsp3) is 0.182. The van der Waals surface area contributed by atoms with E-state index >= 15 is 0 Å². The average Bonchev–Trinajstić information content (AvgIpc) is 3.10. The van der Waals surface area contributed by atoms with Crippen LogP contribution in [-0.4, -0.2) is 0 Å². The van der Waals surface area contributed by atoms with Gasteiger partial charge in [0, 0.05) is 5.92 Å². The maximum absolute atomic E-state index is 2.53. The summed E-state index contributed by atoms with van der Waals surface area (Å²) in [5.41, 5.74) is 16.0. The summed E-state index contributed by atoms with van der Waals surface area (Å²) in [5, 5.41) is 5.49. The molecule has 1 atom stereocenters. The van der Waals surface area contributed by atoms with Gasteiger partial charge in [-0.05, 0) is 134 Å². The minimum absolute atomic E-state index is 0.456. The third-order valence-electron chi connectivity index (χ3n) is 10.4. The summed E-state index contributed by atoms with van der Waals surface area (Å²) in [6.07, 6.45) is 36.1. The highest BCUT2D eigenvalue weighted by molar-refractivity contribution is 6.17. The van der Waals surface area contributed by atoms with Crippen LogP contribution in [0.15, 0.2) is 121 Å². The Hall–Kier alpha value is -4.68. The highest BCUT2D eigenvalue weighted by Gasteiger charge is 2.25. The summed E-state index contributed by atoms with van der Waals surface area (Å²) >= 11 is 0. The van der Waals surface area contributed by atoms with E-state index in [0.29, 0.717) is 5.92 Å². The number of benzene rings is 4. The van der Waals surface area contributed by atoms with Gasteiger partial charge in [-0.25, -0.2) is 0 Å². The zero-order valence-electron chi connectivity index (χ0n) is 25.2. The van der Waals surface area contributed by atoms with Crippen LogP contribution in [0.4, 0.5) is 0 Å². The van der Waals surface area contributed by atoms with Gasteiger partial charge in [0.2, 0.25) is 0 Å². The first-order chi connectivity index (χ1) is 21.8. The summed E-state index contributed by atoms with van der Waals surface area (Å²) in [5.74, 6) is 0.456. The monoisotopic (exact) mass is 564 g/mol. The molecular weight excluding hydrogens is 528 g/mol. The lowest BCUT2D eigenvalue weighted by Gasteiger charge is -2.27. The largest absolute Gasteiger partial charge is 0.0836 e. The van der Waals surface area contributed by atoms with Crippen LogP contribution in [-0.2, 0) is 12.8 Å². The molecule has 212 valence electrons. The quantitative estimate of drug-likeness (QED) is 0.217. The molecule has 0 nitrogen and oxygen atoms in total. The first-order valence-corrected chi connectivity index (χ1v) is 16.5. The second-order valence-corrected chi connectivity index (χ2v) is 12.9. The number of allylic oxidation sites excluding steroid dienone is 14. The topological polar surface area (TPSA) is 0 Å². The second-order valence-electron chi connectivity index (χ2n) is 12.9. The molecule has 5 aliphatic rings. The molecule has 0 N–H and O–H groups in total. The highest BCUT2D eigenvalue weighted by Crippen LogP contribution is 2.46. The molecular formula is C44H36. The van der Waals surface area contributed by atoms with E-state index in [1.807, 2.05) is 0 Å². The molecule has 4 aromatic rings. The van der Waals surface area contributed by atoms with E-state index < -0.39 is 0 Å². The minimum atomic E-state index is 0.456. The van der Waals surface area contributed by atoms with Crippen molar-refractivity contribution in [2.45, 2.75) is 44.9 Å². The zero-order chi connectivity index (χ0) is 29.0. The Balaban J connectivity index is 1.24. The van der Waals surface area contributed by atoms with E-state index in [0.717, 1.165) is 38.5 Å². The summed E-state index contributed by atoms with van der Waals surface area (Å²) in [4.78, 5) is 0. The van der Waals surface area contributed by atoms with Gasteiger partial charge in [0.05, 0.1) is 0 Å². The number of hydrogen-bond donors (Lipinski definition) is 0. The molecule has 0 unspecified atom stereocenters. The molecule has 0 bridgehead atoms. The average molecular weight is 565 g/mol. The van der Waals surface area contributed by atoms with Crippen LogP contribution in [0.3, 0.4) is 0 Å². The third-order valence-corrected chi connectivity index (χ3v) is 10.4. The Morgan fingerprint density at radius 2 is 1.32 bits per heavy atom. The maximum Gasteiger partial charge on any atom is 0.00617 e. The van der Waals surface area contributed by atoms with Gasteiger partial charge in [0.15, 0.2) is 0 Å². The van der Waals surface area contributed by atoms with E-state index in [-0.39, 0.29) is 0 Å². The Morgan fingerprint density at radius 3 is 2.09 bits per heavy atom. The molecule has 0 fully saturated rings. The third kappa shape index (κ3) is 4.12. The van der Waals surface area contributed by atoms with E-state index in [9.17, 15) is 0 Å². The molecule has 0 spiro atoms. The molecule has 44 heavy (non-hydrogen) atoms. The van der Waals surface area contributed by atoms with Crippen LogP contribution in [0.2, 0.25) is 0 Å². The molecule has 0 amide bonds. The van der Waals surface area contributed by atoms with E-state index in [2.05, 4.69) is 128 Å². The predicted molar refractivity (Wildman–Crippen MR) is 190 cm³/mol. The Morgan fingerprint density at radius 1 is 0.614 bits per heavy atom. The SMILES string of the molecule is C1=CC2=CC=C(c3c4ccccc4c(C4=CC(c5cc6c(c7c5C=CCC7)CCC=C6)=CCC4)c4ccccc34)C[C@H]2C=C1. The normalized spacial score (nSPS) is 20.0. The van der Waals surface area contributed by atoms with Crippen LogP contribution in [0.1, 0.15) is 71.0 Å². The molecule has 0 saturated heterocycles. The van der Waals surface area contributed by atoms with Crippen molar-refractivity contribution in [1.82, 2.24) is 0 Å². The molecule has 5 aliphatic carbocycles. The van der Waals surface area contributed by atoms with E-state index in [1.165, 1.54) is 78.1 Å². The van der Waals surface area contributed by atoms with Crippen molar-refractivity contribution in [3.63, 3.8) is 0 Å². The lowest BCUT2D eigenvalue weighted by molar-refractivity contribution is 0.794. The van der Waals surface area contributed by atoms with E-state index in [1.54, 1.807) is 11.1 Å². The van der Waals surface area contributed by atoms with Crippen LogP contribution < -0.4 is 0 Å². The minimum Gasteiger partial charge on any atom is -0.0836 e. The smallest absolute Gasteiger partial charge is 0.00617 e. The van der Waals surface area contributed by atoms with Gasteiger partial charge in [-0.15, -0.1) is 0 Å². The summed E-state index contributed by atoms with van der Waals surface area (Å²) in [7, 11) is 0. The fourth-order valence-corrected chi connectivity index (χ4v) is 8.40. The lowest BCUT2D eigenvalue weighted by Crippen LogP contribution is -2.09. The Bertz CT molecular complexity index is 2070. The molecule has 0 aliphatic heterocycles. The van der Waals surface area contributed by atoms with Crippen molar-refractivity contribution in [2.75, 3.05) is 0 Å². The van der Waals surface area contributed by atoms with Gasteiger partial charge in [0.1, 0.15) is 0 Å². The van der Waals surface area contributed by atoms with Crippen molar-refractivity contribution in [1.29, 1.82) is 0 Å². The van der Waals surface area contributed by atoms with Crippen molar-refractivity contribution in [3.8, 4) is 0 Å². The van der Waals surface area contributed by atoms with Crippen molar-refractivity contribution in [3.05, 3.63) is 160 Å². The molecule has 4 aromatic carbocycles. The van der Waals surface area contributed by atoms with Crippen molar-refractivity contribution in [2.24, 2.45) is 5.92 Å². The van der Waals surface area contributed by atoms with Gasteiger partial charge in [0.25, 0.3) is 0 Å². The van der Waals surface area contributed by atoms with E-state index in [4.69, 9.17) is 0 Å². The fourth-order valence-electron chi connectivity index (χ4n) is 8.40. The molecule has 0 heterocycles. The van der Waals surface area contributed by atoms with Crippen LogP contribution in [0, 0.1) is 5.92 Å². The molecule has 0 radical (unpaired) electrons. The van der Waals surface area contributed by atoms with Crippen molar-refractivity contribution >= 4 is 50.4 Å². The maximum atomic E-state index is 2.53. The first kappa shape index (κ1) is 25.8. The van der Waals surface area contributed by atoms with Gasteiger partial charge in [-0.3, -0.25) is 0 Å². The predicted octanol–water partition coefficient (Wildman–Crippen LogP) is 11.6. The molecule has 0 aromatic heterocycles. The zero-order valence-corrected chi connectivity index (χ0v) is 25.2. The van der Waals surface area contributed by atoms with Crippen LogP contribution >= 0.6 is 0 Å². The van der Waals surface area contributed by atoms with Gasteiger partial charge in [-0.2, -0.15) is 0 Å². The first-order valence-electron chi connectivity index (χ1n) is 16.5. The lowest BCUT2D eigenvalue weighted by atomic mass is 9.77. The second kappa shape index (κ2) is 10.5. The Labute approximate surface area is 260 Å². The van der Waals surface area contributed by atoms with Crippen molar-refractivity contribution < 1.29 is 0 Å². The molecule has 0 heteroatoms. The van der Waals surface area contributed by atoms with Crippen LogP contribution in [0.5, 0.6) is 0 Å². The van der Waals surface area contributed by atoms with Gasteiger partial charge < -0.3 is 0 Å².